The molecule has 1 heterocycles. The Morgan fingerprint density at radius 2 is 2.33 bits per heavy atom. The molecule has 1 N–H and O–H groups in total. The van der Waals surface area contributed by atoms with Gasteiger partial charge < -0.3 is 0 Å². The standard InChI is InChI=1S/C4H3BF2N2/c5-2-1-8-9-3(2)4(6)7/h1,4H,(H,8,9). The van der Waals surface area contributed by atoms with Crippen molar-refractivity contribution in [2.75, 3.05) is 0 Å². The van der Waals surface area contributed by atoms with Crippen LogP contribution in [0.15, 0.2) is 6.20 Å². The highest BCUT2D eigenvalue weighted by Crippen LogP contribution is 2.11. The Kier molecular flexibility index (Phi) is 1.51. The highest BCUT2D eigenvalue weighted by Gasteiger charge is 2.10. The molecule has 0 aliphatic rings. The summed E-state index contributed by atoms with van der Waals surface area (Å²) >= 11 is 0. The molecule has 0 aliphatic carbocycles. The molecular formula is C4H3BF2N2. The van der Waals surface area contributed by atoms with E-state index in [2.05, 4.69) is 10.2 Å². The lowest BCUT2D eigenvalue weighted by Crippen LogP contribution is -2.06. The van der Waals surface area contributed by atoms with Crippen molar-refractivity contribution in [3.8, 4) is 0 Å². The van der Waals surface area contributed by atoms with E-state index in [4.69, 9.17) is 7.85 Å². The normalized spacial score (nSPS) is 10.6. The minimum absolute atomic E-state index is 0.00463. The number of halogens is 2. The van der Waals surface area contributed by atoms with Gasteiger partial charge in [0, 0.05) is 6.20 Å². The molecule has 46 valence electrons. The van der Waals surface area contributed by atoms with Gasteiger partial charge in [-0.15, -0.1) is 0 Å². The summed E-state index contributed by atoms with van der Waals surface area (Å²) in [7, 11) is 5.07. The van der Waals surface area contributed by atoms with E-state index in [0.717, 1.165) is 6.20 Å². The monoisotopic (exact) mass is 128 g/mol. The molecule has 0 spiro atoms. The van der Waals surface area contributed by atoms with E-state index >= 15 is 0 Å². The van der Waals surface area contributed by atoms with Crippen LogP contribution < -0.4 is 5.46 Å². The Morgan fingerprint density at radius 1 is 1.67 bits per heavy atom. The molecule has 0 unspecified atom stereocenters. The van der Waals surface area contributed by atoms with Gasteiger partial charge in [0.25, 0.3) is 6.43 Å². The van der Waals surface area contributed by atoms with Crippen molar-refractivity contribution in [3.05, 3.63) is 11.9 Å². The van der Waals surface area contributed by atoms with Gasteiger partial charge in [0.1, 0.15) is 7.85 Å². The summed E-state index contributed by atoms with van der Waals surface area (Å²) in [4.78, 5) is 0. The lowest BCUT2D eigenvalue weighted by molar-refractivity contribution is 0.147. The maximum absolute atomic E-state index is 11.7. The first-order valence-electron chi connectivity index (χ1n) is 2.28. The van der Waals surface area contributed by atoms with Crippen molar-refractivity contribution in [2.45, 2.75) is 6.43 Å². The third-order valence-corrected chi connectivity index (χ3v) is 0.918. The predicted molar refractivity (Wildman–Crippen MR) is 28.9 cm³/mol. The molecule has 9 heavy (non-hydrogen) atoms. The van der Waals surface area contributed by atoms with Crippen molar-refractivity contribution >= 4 is 13.3 Å². The molecule has 5 heteroatoms. The Labute approximate surface area is 51.7 Å². The van der Waals surface area contributed by atoms with E-state index in [-0.39, 0.29) is 11.2 Å². The first-order chi connectivity index (χ1) is 4.22. The first kappa shape index (κ1) is 6.26. The predicted octanol–water partition coefficient (Wildman–Crippen LogP) is 0.141. The third kappa shape index (κ3) is 1.09. The number of aromatic amines is 1. The van der Waals surface area contributed by atoms with E-state index in [1.807, 2.05) is 0 Å². The van der Waals surface area contributed by atoms with Crippen molar-refractivity contribution in [1.82, 2.24) is 10.2 Å². The molecule has 0 aromatic carbocycles. The molecule has 0 saturated heterocycles. The fraction of sp³-hybridized carbons (Fsp3) is 0.250. The van der Waals surface area contributed by atoms with Crippen molar-refractivity contribution in [1.29, 1.82) is 0 Å². The van der Waals surface area contributed by atoms with Gasteiger partial charge in [0.05, 0.1) is 5.69 Å². The van der Waals surface area contributed by atoms with Crippen molar-refractivity contribution < 1.29 is 8.78 Å². The topological polar surface area (TPSA) is 28.7 Å². The van der Waals surface area contributed by atoms with E-state index in [9.17, 15) is 8.78 Å². The molecule has 2 nitrogen and oxygen atoms in total. The first-order valence-corrected chi connectivity index (χ1v) is 2.28. The average molecular weight is 128 g/mol. The van der Waals surface area contributed by atoms with Gasteiger partial charge in [-0.25, -0.2) is 8.78 Å². The zero-order valence-corrected chi connectivity index (χ0v) is 4.44. The molecular weight excluding hydrogens is 125 g/mol. The number of hydrogen-bond acceptors (Lipinski definition) is 1. The van der Waals surface area contributed by atoms with Gasteiger partial charge in [-0.05, 0) is 0 Å². The molecule has 0 atom stereocenters. The number of rotatable bonds is 1. The minimum Gasteiger partial charge on any atom is -0.277 e. The van der Waals surface area contributed by atoms with Crippen LogP contribution in [0.4, 0.5) is 8.78 Å². The highest BCUT2D eigenvalue weighted by molar-refractivity contribution is 6.32. The molecule has 0 saturated carbocycles. The summed E-state index contributed by atoms with van der Waals surface area (Å²) in [5, 5.41) is 5.39. The summed E-state index contributed by atoms with van der Waals surface area (Å²) in [5.74, 6) is 0. The van der Waals surface area contributed by atoms with Gasteiger partial charge in [0.2, 0.25) is 0 Å². The molecule has 1 aromatic heterocycles. The summed E-state index contributed by atoms with van der Waals surface area (Å²) < 4.78 is 23.4. The average Bonchev–Trinajstić information content (AvgIpc) is 2.13. The summed E-state index contributed by atoms with van der Waals surface area (Å²) in [5.41, 5.74) is -0.306. The van der Waals surface area contributed by atoms with Crippen LogP contribution in [0.1, 0.15) is 12.1 Å². The zero-order chi connectivity index (χ0) is 6.85. The second kappa shape index (κ2) is 2.17. The minimum atomic E-state index is -2.56. The Bertz CT molecular complexity index is 198. The van der Waals surface area contributed by atoms with Crippen LogP contribution in [0.2, 0.25) is 0 Å². The molecule has 2 radical (unpaired) electrons. The van der Waals surface area contributed by atoms with Gasteiger partial charge >= 0.3 is 0 Å². The Hall–Kier alpha value is -0.865. The number of nitrogens with zero attached hydrogens (tertiary/aromatic N) is 1. The highest BCUT2D eigenvalue weighted by atomic mass is 19.3. The Balaban J connectivity index is 2.94. The number of nitrogens with one attached hydrogen (secondary N) is 1. The quantitative estimate of drug-likeness (QED) is 0.535. The van der Waals surface area contributed by atoms with E-state index in [0.29, 0.717) is 0 Å². The smallest absolute Gasteiger partial charge is 0.277 e. The largest absolute Gasteiger partial charge is 0.279 e. The van der Waals surface area contributed by atoms with Gasteiger partial charge in [-0.1, -0.05) is 5.46 Å². The second-order valence-electron chi connectivity index (χ2n) is 1.54. The number of H-pyrrole nitrogens is 1. The Morgan fingerprint density at radius 3 is 2.56 bits per heavy atom. The van der Waals surface area contributed by atoms with E-state index in [1.54, 1.807) is 0 Å². The van der Waals surface area contributed by atoms with Crippen LogP contribution in [-0.2, 0) is 0 Å². The third-order valence-electron chi connectivity index (χ3n) is 0.918. The van der Waals surface area contributed by atoms with Crippen molar-refractivity contribution in [2.24, 2.45) is 0 Å². The SMILES string of the molecule is [B]c1cn[nH]c1C(F)F. The van der Waals surface area contributed by atoms with Crippen LogP contribution in [0.5, 0.6) is 0 Å². The fourth-order valence-electron chi connectivity index (χ4n) is 0.480. The summed E-state index contributed by atoms with van der Waals surface area (Å²) in [6.07, 6.45) is -1.41. The van der Waals surface area contributed by atoms with E-state index < -0.39 is 6.43 Å². The number of hydrogen-bond donors (Lipinski definition) is 1. The van der Waals surface area contributed by atoms with Crippen LogP contribution in [0.25, 0.3) is 0 Å². The molecule has 0 fully saturated rings. The lowest BCUT2D eigenvalue weighted by atomic mass is 9.97. The molecule has 0 bridgehead atoms. The second-order valence-corrected chi connectivity index (χ2v) is 1.54. The fourth-order valence-corrected chi connectivity index (χ4v) is 0.480. The van der Waals surface area contributed by atoms with Crippen molar-refractivity contribution in [3.63, 3.8) is 0 Å². The van der Waals surface area contributed by atoms with Crippen LogP contribution in [0, 0.1) is 0 Å². The zero-order valence-electron chi connectivity index (χ0n) is 4.44. The molecule has 0 amide bonds. The van der Waals surface area contributed by atoms with Gasteiger partial charge in [-0.2, -0.15) is 5.10 Å². The molecule has 1 aromatic rings. The molecule has 1 rings (SSSR count). The maximum atomic E-state index is 11.7. The number of alkyl halides is 2. The number of aromatic nitrogens is 2. The van der Waals surface area contributed by atoms with Crippen LogP contribution in [0.3, 0.4) is 0 Å². The van der Waals surface area contributed by atoms with Gasteiger partial charge in [-0.3, -0.25) is 5.10 Å². The van der Waals surface area contributed by atoms with Gasteiger partial charge in [0.15, 0.2) is 0 Å². The van der Waals surface area contributed by atoms with Crippen LogP contribution >= 0.6 is 0 Å². The maximum Gasteiger partial charge on any atom is 0.279 e. The van der Waals surface area contributed by atoms with E-state index in [1.165, 1.54) is 0 Å². The summed E-state index contributed by atoms with van der Waals surface area (Å²) in [6, 6.07) is 0. The lowest BCUT2D eigenvalue weighted by Gasteiger charge is -1.93. The van der Waals surface area contributed by atoms with Crippen LogP contribution in [-0.4, -0.2) is 18.0 Å². The summed E-state index contributed by atoms with van der Waals surface area (Å²) in [6.45, 7) is 0. The molecule has 0 aliphatic heterocycles.